The second-order valence-corrected chi connectivity index (χ2v) is 5.29. The van der Waals surface area contributed by atoms with E-state index in [1.165, 1.54) is 11.1 Å². The molecule has 0 spiro atoms. The van der Waals surface area contributed by atoms with Crippen LogP contribution in [0.4, 0.5) is 5.95 Å². The van der Waals surface area contributed by atoms with Crippen LogP contribution in [0.15, 0.2) is 24.4 Å². The van der Waals surface area contributed by atoms with Crippen LogP contribution in [0.3, 0.4) is 0 Å². The van der Waals surface area contributed by atoms with E-state index in [0.717, 1.165) is 5.75 Å². The fourth-order valence-electron chi connectivity index (χ4n) is 2.37. The van der Waals surface area contributed by atoms with E-state index in [0.29, 0.717) is 22.8 Å². The summed E-state index contributed by atoms with van der Waals surface area (Å²) in [6.45, 7) is 6.41. The number of hydrogen-bond acceptors (Lipinski definition) is 5. The molecule has 0 atom stereocenters. The molecule has 3 N–H and O–H groups in total. The molecular formula is C15H17N5O. The minimum absolute atomic E-state index is 0.150. The van der Waals surface area contributed by atoms with Crippen LogP contribution >= 0.6 is 0 Å². The number of aryl methyl sites for hydroxylation is 1. The molecule has 0 aliphatic carbocycles. The highest BCUT2D eigenvalue weighted by atomic mass is 16.5. The van der Waals surface area contributed by atoms with E-state index in [2.05, 4.69) is 47.0 Å². The molecule has 0 amide bonds. The first kappa shape index (κ1) is 13.4. The molecule has 2 aromatic heterocycles. The zero-order chi connectivity index (χ0) is 15.0. The van der Waals surface area contributed by atoms with Gasteiger partial charge in [-0.15, -0.1) is 0 Å². The van der Waals surface area contributed by atoms with Crippen LogP contribution in [-0.2, 0) is 0 Å². The molecule has 0 radical (unpaired) electrons. The Balaban J connectivity index is 1.99. The quantitative estimate of drug-likeness (QED) is 0.770. The molecule has 0 saturated heterocycles. The van der Waals surface area contributed by atoms with Gasteiger partial charge in [0.15, 0.2) is 5.65 Å². The maximum Gasteiger partial charge on any atom is 0.235 e. The topological polar surface area (TPSA) is 89.7 Å². The number of nitrogens with one attached hydrogen (secondary N) is 1. The van der Waals surface area contributed by atoms with Crippen LogP contribution in [0.25, 0.3) is 11.0 Å². The summed E-state index contributed by atoms with van der Waals surface area (Å²) in [5, 5.41) is 7.40. The van der Waals surface area contributed by atoms with Crippen LogP contribution in [0.5, 0.6) is 11.6 Å². The number of aromatic amines is 1. The first-order valence-corrected chi connectivity index (χ1v) is 6.79. The number of anilines is 1. The van der Waals surface area contributed by atoms with Crippen LogP contribution in [0.1, 0.15) is 30.9 Å². The van der Waals surface area contributed by atoms with Crippen molar-refractivity contribution in [3.05, 3.63) is 35.5 Å². The van der Waals surface area contributed by atoms with E-state index in [-0.39, 0.29) is 5.95 Å². The fourth-order valence-corrected chi connectivity index (χ4v) is 2.37. The normalized spacial score (nSPS) is 11.2. The van der Waals surface area contributed by atoms with Crippen molar-refractivity contribution < 1.29 is 4.74 Å². The second kappa shape index (κ2) is 5.05. The summed E-state index contributed by atoms with van der Waals surface area (Å²) in [5.74, 6) is 1.76. The molecule has 1 aromatic carbocycles. The molecule has 0 fully saturated rings. The van der Waals surface area contributed by atoms with Crippen molar-refractivity contribution in [1.82, 2.24) is 20.2 Å². The summed E-state index contributed by atoms with van der Waals surface area (Å²) in [6, 6.07) is 6.01. The van der Waals surface area contributed by atoms with E-state index in [1.807, 2.05) is 12.1 Å². The Bertz CT molecular complexity index is 794. The van der Waals surface area contributed by atoms with Crippen LogP contribution < -0.4 is 10.5 Å². The van der Waals surface area contributed by atoms with Gasteiger partial charge in [-0.1, -0.05) is 19.9 Å². The van der Waals surface area contributed by atoms with Crippen molar-refractivity contribution in [2.24, 2.45) is 0 Å². The van der Waals surface area contributed by atoms with Crippen molar-refractivity contribution in [3.63, 3.8) is 0 Å². The number of nitrogen functional groups attached to an aromatic ring is 1. The largest absolute Gasteiger partial charge is 0.438 e. The van der Waals surface area contributed by atoms with Crippen LogP contribution in [0.2, 0.25) is 0 Å². The van der Waals surface area contributed by atoms with Gasteiger partial charge in [-0.25, -0.2) is 0 Å². The van der Waals surface area contributed by atoms with Crippen molar-refractivity contribution >= 4 is 17.0 Å². The Labute approximate surface area is 122 Å². The number of fused-ring (bicyclic) bond motifs is 1. The van der Waals surface area contributed by atoms with Gasteiger partial charge in [-0.05, 0) is 36.1 Å². The third-order valence-electron chi connectivity index (χ3n) is 3.37. The smallest absolute Gasteiger partial charge is 0.235 e. The van der Waals surface area contributed by atoms with Gasteiger partial charge in [0.2, 0.25) is 11.8 Å². The molecule has 3 rings (SSSR count). The molecule has 3 aromatic rings. The van der Waals surface area contributed by atoms with Gasteiger partial charge in [-0.3, -0.25) is 5.10 Å². The van der Waals surface area contributed by atoms with Crippen molar-refractivity contribution in [2.75, 3.05) is 5.73 Å². The number of rotatable bonds is 3. The molecular weight excluding hydrogens is 266 g/mol. The lowest BCUT2D eigenvalue weighted by Gasteiger charge is -2.12. The lowest BCUT2D eigenvalue weighted by atomic mass is 9.98. The molecule has 0 unspecified atom stereocenters. The summed E-state index contributed by atoms with van der Waals surface area (Å²) in [4.78, 5) is 8.20. The summed E-state index contributed by atoms with van der Waals surface area (Å²) in [6.07, 6.45) is 1.62. The average molecular weight is 283 g/mol. The van der Waals surface area contributed by atoms with Crippen LogP contribution in [0, 0.1) is 6.92 Å². The molecule has 0 bridgehead atoms. The van der Waals surface area contributed by atoms with Gasteiger partial charge < -0.3 is 10.5 Å². The molecule has 21 heavy (non-hydrogen) atoms. The summed E-state index contributed by atoms with van der Waals surface area (Å²) >= 11 is 0. The molecule has 0 aliphatic rings. The highest BCUT2D eigenvalue weighted by Gasteiger charge is 2.11. The molecule has 108 valence electrons. The van der Waals surface area contributed by atoms with Gasteiger partial charge in [0, 0.05) is 0 Å². The predicted molar refractivity (Wildman–Crippen MR) is 81.4 cm³/mol. The first-order chi connectivity index (χ1) is 10.0. The average Bonchev–Trinajstić information content (AvgIpc) is 2.86. The number of aromatic nitrogens is 4. The maximum absolute atomic E-state index is 5.86. The van der Waals surface area contributed by atoms with Crippen molar-refractivity contribution in [1.29, 1.82) is 0 Å². The molecule has 2 heterocycles. The van der Waals surface area contributed by atoms with Gasteiger partial charge in [-0.2, -0.15) is 15.1 Å². The Morgan fingerprint density at radius 3 is 2.76 bits per heavy atom. The SMILES string of the molecule is Cc1cc(Oc2nc(N)nc3[nH]ncc23)ccc1C(C)C. The van der Waals surface area contributed by atoms with E-state index in [4.69, 9.17) is 10.5 Å². The predicted octanol–water partition coefficient (Wildman–Crippen LogP) is 3.16. The molecule has 6 nitrogen and oxygen atoms in total. The Kier molecular flexibility index (Phi) is 3.21. The number of hydrogen-bond donors (Lipinski definition) is 2. The second-order valence-electron chi connectivity index (χ2n) is 5.29. The number of ether oxygens (including phenoxy) is 1. The monoisotopic (exact) mass is 283 g/mol. The van der Waals surface area contributed by atoms with Gasteiger partial charge in [0.05, 0.1) is 6.20 Å². The zero-order valence-electron chi connectivity index (χ0n) is 12.2. The van der Waals surface area contributed by atoms with E-state index in [9.17, 15) is 0 Å². The van der Waals surface area contributed by atoms with Gasteiger partial charge in [0.25, 0.3) is 0 Å². The van der Waals surface area contributed by atoms with Crippen molar-refractivity contribution in [3.8, 4) is 11.6 Å². The minimum atomic E-state index is 0.150. The summed E-state index contributed by atoms with van der Waals surface area (Å²) in [7, 11) is 0. The van der Waals surface area contributed by atoms with Crippen molar-refractivity contribution in [2.45, 2.75) is 26.7 Å². The fraction of sp³-hybridized carbons (Fsp3) is 0.267. The number of nitrogens with two attached hydrogens (primary N) is 1. The Hall–Kier alpha value is -2.63. The highest BCUT2D eigenvalue weighted by molar-refractivity contribution is 5.80. The van der Waals surface area contributed by atoms with E-state index >= 15 is 0 Å². The summed E-state index contributed by atoms with van der Waals surface area (Å²) in [5.41, 5.74) is 8.74. The summed E-state index contributed by atoms with van der Waals surface area (Å²) < 4.78 is 5.86. The van der Waals surface area contributed by atoms with Gasteiger partial charge in [0.1, 0.15) is 11.1 Å². The third kappa shape index (κ3) is 2.52. The number of nitrogens with zero attached hydrogens (tertiary/aromatic N) is 3. The van der Waals surface area contributed by atoms with Crippen LogP contribution in [-0.4, -0.2) is 20.2 Å². The first-order valence-electron chi connectivity index (χ1n) is 6.79. The molecule has 6 heteroatoms. The molecule has 0 aliphatic heterocycles. The Morgan fingerprint density at radius 2 is 2.05 bits per heavy atom. The zero-order valence-corrected chi connectivity index (χ0v) is 12.2. The lowest BCUT2D eigenvalue weighted by molar-refractivity contribution is 0.468. The Morgan fingerprint density at radius 1 is 1.24 bits per heavy atom. The lowest BCUT2D eigenvalue weighted by Crippen LogP contribution is -1.98. The number of benzene rings is 1. The number of H-pyrrole nitrogens is 1. The van der Waals surface area contributed by atoms with E-state index in [1.54, 1.807) is 6.20 Å². The van der Waals surface area contributed by atoms with Gasteiger partial charge >= 0.3 is 0 Å². The minimum Gasteiger partial charge on any atom is -0.438 e. The maximum atomic E-state index is 5.86. The van der Waals surface area contributed by atoms with E-state index < -0.39 is 0 Å². The molecule has 0 saturated carbocycles. The highest BCUT2D eigenvalue weighted by Crippen LogP contribution is 2.29. The standard InChI is InChI=1S/C15H17N5O/c1-8(2)11-5-4-10(6-9(11)3)21-14-12-7-17-20-13(12)18-15(16)19-14/h4-8H,1-3H3,(H3,16,17,18,19,20). The third-order valence-corrected chi connectivity index (χ3v) is 3.37.